The summed E-state index contributed by atoms with van der Waals surface area (Å²) in [6, 6.07) is 8.74. The fourth-order valence-corrected chi connectivity index (χ4v) is 3.68. The molecule has 2 aliphatic rings. The lowest BCUT2D eigenvalue weighted by Crippen LogP contribution is -2.30. The van der Waals surface area contributed by atoms with Crippen LogP contribution in [0.25, 0.3) is 0 Å². The lowest BCUT2D eigenvalue weighted by Gasteiger charge is -2.17. The van der Waals surface area contributed by atoms with E-state index in [0.717, 1.165) is 37.2 Å². The van der Waals surface area contributed by atoms with E-state index in [1.54, 1.807) is 33.8 Å². The molecule has 4 rings (SSSR count). The van der Waals surface area contributed by atoms with Gasteiger partial charge in [-0.2, -0.15) is 10.4 Å². The van der Waals surface area contributed by atoms with Gasteiger partial charge in [0.25, 0.3) is 11.8 Å². The van der Waals surface area contributed by atoms with Gasteiger partial charge >= 0.3 is 0 Å². The molecule has 0 bridgehead atoms. The van der Waals surface area contributed by atoms with Gasteiger partial charge in [0.05, 0.1) is 30.4 Å². The minimum absolute atomic E-state index is 0.0415. The van der Waals surface area contributed by atoms with Gasteiger partial charge in [0.15, 0.2) is 5.69 Å². The topological polar surface area (TPSA) is 82.2 Å². The minimum atomic E-state index is -0.141. The highest BCUT2D eigenvalue weighted by atomic mass is 16.2. The smallest absolute Gasteiger partial charge is 0.274 e. The van der Waals surface area contributed by atoms with E-state index >= 15 is 0 Å². The van der Waals surface area contributed by atoms with Crippen LogP contribution in [0.5, 0.6) is 0 Å². The number of fused-ring (bicyclic) bond motifs is 1. The van der Waals surface area contributed by atoms with E-state index in [9.17, 15) is 9.59 Å². The van der Waals surface area contributed by atoms with Gasteiger partial charge in [0.2, 0.25) is 0 Å². The van der Waals surface area contributed by atoms with Crippen molar-refractivity contribution in [2.45, 2.75) is 25.9 Å². The van der Waals surface area contributed by atoms with Crippen molar-refractivity contribution in [2.24, 2.45) is 7.05 Å². The molecule has 2 amide bonds. The Morgan fingerprint density at radius 2 is 1.88 bits per heavy atom. The Hall–Kier alpha value is -3.14. The number of rotatable bonds is 2. The van der Waals surface area contributed by atoms with Crippen molar-refractivity contribution in [3.8, 4) is 6.07 Å². The lowest BCUT2D eigenvalue weighted by atomic mass is 10.1. The van der Waals surface area contributed by atoms with Crippen LogP contribution in [0.2, 0.25) is 0 Å². The van der Waals surface area contributed by atoms with E-state index in [4.69, 9.17) is 5.26 Å². The molecule has 2 aliphatic heterocycles. The minimum Gasteiger partial charge on any atom is -0.337 e. The molecule has 26 heavy (non-hydrogen) atoms. The van der Waals surface area contributed by atoms with Crippen LogP contribution in [0.1, 0.15) is 50.5 Å². The first kappa shape index (κ1) is 16.3. The molecule has 1 aromatic heterocycles. The highest BCUT2D eigenvalue weighted by molar-refractivity contribution is 5.97. The first-order chi connectivity index (χ1) is 12.6. The van der Waals surface area contributed by atoms with E-state index < -0.39 is 0 Å². The molecule has 0 unspecified atom stereocenters. The third-order valence-corrected chi connectivity index (χ3v) is 5.09. The van der Waals surface area contributed by atoms with Crippen LogP contribution in [0.4, 0.5) is 0 Å². The number of aryl methyl sites for hydroxylation is 1. The Bertz CT molecular complexity index is 934. The van der Waals surface area contributed by atoms with Gasteiger partial charge in [-0.1, -0.05) is 6.07 Å². The Kier molecular flexibility index (Phi) is 3.96. The van der Waals surface area contributed by atoms with Crippen molar-refractivity contribution in [3.05, 3.63) is 52.3 Å². The van der Waals surface area contributed by atoms with Crippen molar-refractivity contribution in [1.82, 2.24) is 19.6 Å². The number of hydrogen-bond donors (Lipinski definition) is 0. The summed E-state index contributed by atoms with van der Waals surface area (Å²) in [5.74, 6) is -0.182. The molecule has 0 N–H and O–H groups in total. The van der Waals surface area contributed by atoms with Crippen molar-refractivity contribution in [2.75, 3.05) is 13.1 Å². The maximum Gasteiger partial charge on any atom is 0.274 e. The van der Waals surface area contributed by atoms with Crippen LogP contribution in [-0.2, 0) is 20.1 Å². The predicted octanol–water partition coefficient (Wildman–Crippen LogP) is 1.68. The lowest BCUT2D eigenvalue weighted by molar-refractivity contribution is 0.0736. The molecule has 132 valence electrons. The molecular formula is C19H19N5O2. The van der Waals surface area contributed by atoms with Gasteiger partial charge in [-0.3, -0.25) is 14.3 Å². The van der Waals surface area contributed by atoms with Gasteiger partial charge in [-0.15, -0.1) is 0 Å². The largest absolute Gasteiger partial charge is 0.337 e. The SMILES string of the molecule is Cn1nc(C(=O)N2CCCC2)c2c1CN(C(=O)c1cccc(C#N)c1)C2. The zero-order valence-corrected chi connectivity index (χ0v) is 14.6. The zero-order chi connectivity index (χ0) is 18.3. The van der Waals surface area contributed by atoms with Crippen LogP contribution in [0.3, 0.4) is 0 Å². The van der Waals surface area contributed by atoms with Crippen molar-refractivity contribution in [1.29, 1.82) is 5.26 Å². The average molecular weight is 349 g/mol. The number of carbonyl (C=O) groups excluding carboxylic acids is 2. The zero-order valence-electron chi connectivity index (χ0n) is 14.6. The number of aromatic nitrogens is 2. The van der Waals surface area contributed by atoms with E-state index in [1.165, 1.54) is 0 Å². The standard InChI is InChI=1S/C19H19N5O2/c1-22-16-12-24(18(25)14-6-4-5-13(9-14)10-20)11-15(16)17(21-22)19(26)23-7-2-3-8-23/h4-6,9H,2-3,7-8,11-12H2,1H3. The van der Waals surface area contributed by atoms with Crippen molar-refractivity contribution in [3.63, 3.8) is 0 Å². The maximum atomic E-state index is 12.8. The number of benzene rings is 1. The fraction of sp³-hybridized carbons (Fsp3) is 0.368. The second-order valence-electron chi connectivity index (χ2n) is 6.75. The van der Waals surface area contributed by atoms with Gasteiger partial charge in [-0.25, -0.2) is 0 Å². The summed E-state index contributed by atoms with van der Waals surface area (Å²) in [7, 11) is 1.81. The van der Waals surface area contributed by atoms with Crippen LogP contribution in [0.15, 0.2) is 24.3 Å². The Morgan fingerprint density at radius 3 is 2.62 bits per heavy atom. The summed E-state index contributed by atoms with van der Waals surface area (Å²) in [6.07, 6.45) is 2.06. The summed E-state index contributed by atoms with van der Waals surface area (Å²) >= 11 is 0. The fourth-order valence-electron chi connectivity index (χ4n) is 3.68. The molecule has 3 heterocycles. The molecule has 7 heteroatoms. The summed E-state index contributed by atoms with van der Waals surface area (Å²) in [4.78, 5) is 29.1. The summed E-state index contributed by atoms with van der Waals surface area (Å²) in [5.41, 5.74) is 3.15. The van der Waals surface area contributed by atoms with Gasteiger partial charge < -0.3 is 9.80 Å². The number of nitrogens with zero attached hydrogens (tertiary/aromatic N) is 5. The second kappa shape index (κ2) is 6.30. The Labute approximate surface area is 151 Å². The van der Waals surface area contributed by atoms with E-state index in [1.807, 2.05) is 11.9 Å². The normalized spacial score (nSPS) is 15.8. The summed E-state index contributed by atoms with van der Waals surface area (Å²) in [6.45, 7) is 2.33. The van der Waals surface area contributed by atoms with Crippen LogP contribution >= 0.6 is 0 Å². The second-order valence-corrected chi connectivity index (χ2v) is 6.75. The average Bonchev–Trinajstić information content (AvgIpc) is 3.39. The molecule has 1 saturated heterocycles. The molecule has 0 saturated carbocycles. The highest BCUT2D eigenvalue weighted by Crippen LogP contribution is 2.28. The number of nitriles is 1. The predicted molar refractivity (Wildman–Crippen MR) is 93.1 cm³/mol. The number of likely N-dealkylation sites (tertiary alicyclic amines) is 1. The van der Waals surface area contributed by atoms with Gasteiger partial charge in [0.1, 0.15) is 0 Å². The van der Waals surface area contributed by atoms with Crippen molar-refractivity contribution < 1.29 is 9.59 Å². The molecule has 0 radical (unpaired) electrons. The molecule has 7 nitrogen and oxygen atoms in total. The van der Waals surface area contributed by atoms with Crippen LogP contribution in [0, 0.1) is 11.3 Å². The van der Waals surface area contributed by atoms with Crippen LogP contribution < -0.4 is 0 Å². The van der Waals surface area contributed by atoms with E-state index in [0.29, 0.717) is 29.9 Å². The number of carbonyl (C=O) groups is 2. The molecule has 0 atom stereocenters. The molecule has 0 aliphatic carbocycles. The van der Waals surface area contributed by atoms with Gasteiger partial charge in [-0.05, 0) is 31.0 Å². The molecule has 2 aromatic rings. The van der Waals surface area contributed by atoms with Crippen molar-refractivity contribution >= 4 is 11.8 Å². The third-order valence-electron chi connectivity index (χ3n) is 5.09. The molecule has 1 fully saturated rings. The Morgan fingerprint density at radius 1 is 1.12 bits per heavy atom. The highest BCUT2D eigenvalue weighted by Gasteiger charge is 2.34. The third kappa shape index (κ3) is 2.64. The summed E-state index contributed by atoms with van der Waals surface area (Å²) in [5, 5.41) is 13.4. The maximum absolute atomic E-state index is 12.8. The van der Waals surface area contributed by atoms with Gasteiger partial charge in [0, 0.05) is 31.3 Å². The Balaban J connectivity index is 1.59. The van der Waals surface area contributed by atoms with Crippen LogP contribution in [-0.4, -0.2) is 44.5 Å². The molecule has 1 aromatic carbocycles. The summed E-state index contributed by atoms with van der Waals surface area (Å²) < 4.78 is 1.71. The first-order valence-electron chi connectivity index (χ1n) is 8.72. The van der Waals surface area contributed by atoms with E-state index in [-0.39, 0.29) is 11.8 Å². The first-order valence-corrected chi connectivity index (χ1v) is 8.72. The molecule has 0 spiro atoms. The van der Waals surface area contributed by atoms with E-state index in [2.05, 4.69) is 11.2 Å². The number of hydrogen-bond acceptors (Lipinski definition) is 4. The monoisotopic (exact) mass is 349 g/mol. The number of amides is 2. The quantitative estimate of drug-likeness (QED) is 0.826. The molecular weight excluding hydrogens is 330 g/mol.